The highest BCUT2D eigenvalue weighted by Crippen LogP contribution is 2.23. The Morgan fingerprint density at radius 3 is 2.00 bits per heavy atom. The maximum Gasteiger partial charge on any atom is 0.111 e. The molecule has 0 amide bonds. The van der Waals surface area contributed by atoms with Gasteiger partial charge in [0.2, 0.25) is 0 Å². The molecule has 0 spiro atoms. The molecule has 0 aliphatic carbocycles. The molecule has 11 heavy (non-hydrogen) atoms. The van der Waals surface area contributed by atoms with Crippen molar-refractivity contribution in [3.8, 4) is 0 Å². The first-order valence-electron chi connectivity index (χ1n) is 5.21. The predicted molar refractivity (Wildman–Crippen MR) is 51.4 cm³/mol. The Labute approximate surface area is 71.5 Å². The van der Waals surface area contributed by atoms with Crippen molar-refractivity contribution in [1.82, 2.24) is 4.57 Å². The van der Waals surface area contributed by atoms with Gasteiger partial charge in [-0.15, -0.1) is 0 Å². The smallest absolute Gasteiger partial charge is 0.111 e. The molecule has 2 heterocycles. The van der Waals surface area contributed by atoms with Crippen molar-refractivity contribution in [2.45, 2.75) is 44.2 Å². The molecule has 0 saturated carbocycles. The van der Waals surface area contributed by atoms with Crippen molar-refractivity contribution in [3.63, 3.8) is 0 Å². The Kier molecular flexibility index (Phi) is 2.64. The van der Waals surface area contributed by atoms with Gasteiger partial charge in [0.15, 0.2) is 0 Å². The zero-order valence-corrected chi connectivity index (χ0v) is 8.54. The van der Waals surface area contributed by atoms with Gasteiger partial charge in [-0.05, 0) is 38.0 Å². The van der Waals surface area contributed by atoms with E-state index in [9.17, 15) is 0 Å². The number of hydrogen-bond acceptors (Lipinski definition) is 1. The predicted octanol–water partition coefficient (Wildman–Crippen LogP) is 1.99. The fourth-order valence-electron chi connectivity index (χ4n) is 2.55. The van der Waals surface area contributed by atoms with Crippen LogP contribution in [0.1, 0.15) is 32.1 Å². The van der Waals surface area contributed by atoms with E-state index in [1.165, 1.54) is 32.4 Å². The lowest BCUT2D eigenvalue weighted by Crippen LogP contribution is -2.38. The highest BCUT2D eigenvalue weighted by atomic mass is 28.3. The lowest BCUT2D eigenvalue weighted by atomic mass is 10.3. The van der Waals surface area contributed by atoms with E-state index in [2.05, 4.69) is 4.57 Å². The molecule has 0 aromatic rings. The summed E-state index contributed by atoms with van der Waals surface area (Å²) in [4.78, 5) is 0. The molecule has 2 aliphatic rings. The Morgan fingerprint density at radius 1 is 0.727 bits per heavy atom. The molecular formula is C9H19NSi. The van der Waals surface area contributed by atoms with Crippen LogP contribution in [0, 0.1) is 0 Å². The van der Waals surface area contributed by atoms with Crippen LogP contribution in [0.4, 0.5) is 0 Å². The molecular weight excluding hydrogens is 150 g/mol. The molecule has 2 fully saturated rings. The van der Waals surface area contributed by atoms with Crippen molar-refractivity contribution in [3.05, 3.63) is 0 Å². The SMILES string of the molecule is C1CC[SiH](N2CCCC2)CC1. The summed E-state index contributed by atoms with van der Waals surface area (Å²) in [5, 5.41) is 0. The summed E-state index contributed by atoms with van der Waals surface area (Å²) < 4.78 is 2.86. The highest BCUT2D eigenvalue weighted by Gasteiger charge is 2.24. The van der Waals surface area contributed by atoms with E-state index in [1.54, 1.807) is 24.9 Å². The summed E-state index contributed by atoms with van der Waals surface area (Å²) in [5.41, 5.74) is 0. The van der Waals surface area contributed by atoms with Gasteiger partial charge in [0.05, 0.1) is 0 Å². The third-order valence-electron chi connectivity index (χ3n) is 3.23. The summed E-state index contributed by atoms with van der Waals surface area (Å²) in [7, 11) is -0.345. The maximum atomic E-state index is 2.86. The molecule has 2 heteroatoms. The first-order chi connectivity index (χ1) is 5.47. The maximum absolute atomic E-state index is 2.86. The molecule has 2 saturated heterocycles. The average molecular weight is 169 g/mol. The van der Waals surface area contributed by atoms with Gasteiger partial charge >= 0.3 is 0 Å². The van der Waals surface area contributed by atoms with E-state index in [-0.39, 0.29) is 8.96 Å². The van der Waals surface area contributed by atoms with Gasteiger partial charge in [0.25, 0.3) is 0 Å². The zero-order valence-electron chi connectivity index (χ0n) is 7.39. The molecule has 0 aromatic heterocycles. The highest BCUT2D eigenvalue weighted by molar-refractivity contribution is 6.56. The van der Waals surface area contributed by atoms with E-state index in [1.807, 2.05) is 0 Å². The number of nitrogens with zero attached hydrogens (tertiary/aromatic N) is 1. The van der Waals surface area contributed by atoms with Crippen molar-refractivity contribution >= 4 is 8.96 Å². The van der Waals surface area contributed by atoms with Crippen molar-refractivity contribution in [2.75, 3.05) is 13.1 Å². The van der Waals surface area contributed by atoms with Crippen LogP contribution in [0.2, 0.25) is 12.1 Å². The second-order valence-electron chi connectivity index (χ2n) is 4.03. The Hall–Kier alpha value is 0.177. The monoisotopic (exact) mass is 169 g/mol. The largest absolute Gasteiger partial charge is 0.326 e. The molecule has 2 aliphatic heterocycles. The van der Waals surface area contributed by atoms with Crippen LogP contribution >= 0.6 is 0 Å². The van der Waals surface area contributed by atoms with E-state index >= 15 is 0 Å². The van der Waals surface area contributed by atoms with E-state index in [4.69, 9.17) is 0 Å². The summed E-state index contributed by atoms with van der Waals surface area (Å²) in [6.07, 6.45) is 7.60. The molecule has 0 bridgehead atoms. The zero-order chi connectivity index (χ0) is 7.52. The van der Waals surface area contributed by atoms with Gasteiger partial charge in [0.1, 0.15) is 8.96 Å². The first-order valence-corrected chi connectivity index (χ1v) is 7.36. The normalized spacial score (nSPS) is 29.5. The third kappa shape index (κ3) is 1.85. The van der Waals surface area contributed by atoms with Gasteiger partial charge in [-0.3, -0.25) is 0 Å². The molecule has 0 atom stereocenters. The number of hydrogen-bond donors (Lipinski definition) is 0. The van der Waals surface area contributed by atoms with E-state index in [0.717, 1.165) is 0 Å². The Balaban J connectivity index is 1.82. The van der Waals surface area contributed by atoms with Crippen molar-refractivity contribution in [1.29, 1.82) is 0 Å². The van der Waals surface area contributed by atoms with Gasteiger partial charge in [-0.2, -0.15) is 0 Å². The summed E-state index contributed by atoms with van der Waals surface area (Å²) in [5.74, 6) is 0. The lowest BCUT2D eigenvalue weighted by molar-refractivity contribution is 0.510. The Bertz CT molecular complexity index is 115. The molecule has 0 radical (unpaired) electrons. The van der Waals surface area contributed by atoms with Crippen LogP contribution in [0.3, 0.4) is 0 Å². The van der Waals surface area contributed by atoms with Gasteiger partial charge in [0, 0.05) is 0 Å². The van der Waals surface area contributed by atoms with Crippen LogP contribution in [0.5, 0.6) is 0 Å². The quantitative estimate of drug-likeness (QED) is 0.543. The Morgan fingerprint density at radius 2 is 1.36 bits per heavy atom. The molecule has 2 rings (SSSR count). The average Bonchev–Trinajstić information content (AvgIpc) is 2.58. The van der Waals surface area contributed by atoms with Gasteiger partial charge in [-0.25, -0.2) is 0 Å². The van der Waals surface area contributed by atoms with Crippen LogP contribution < -0.4 is 0 Å². The standard InChI is InChI=1S/C9H19NSi/c1-4-8-11(9-5-1)10-6-2-3-7-10/h11H,1-9H2. The molecule has 1 nitrogen and oxygen atoms in total. The van der Waals surface area contributed by atoms with Crippen molar-refractivity contribution in [2.24, 2.45) is 0 Å². The minimum absolute atomic E-state index is 0.345. The van der Waals surface area contributed by atoms with Crippen molar-refractivity contribution < 1.29 is 0 Å². The van der Waals surface area contributed by atoms with Gasteiger partial charge < -0.3 is 4.57 Å². The summed E-state index contributed by atoms with van der Waals surface area (Å²) in [6.45, 7) is 2.91. The molecule has 0 unspecified atom stereocenters. The van der Waals surface area contributed by atoms with Gasteiger partial charge in [-0.1, -0.05) is 19.3 Å². The second kappa shape index (κ2) is 3.72. The third-order valence-corrected chi connectivity index (χ3v) is 6.93. The number of rotatable bonds is 1. The minimum Gasteiger partial charge on any atom is -0.326 e. The van der Waals surface area contributed by atoms with Crippen LogP contribution in [0.25, 0.3) is 0 Å². The fraction of sp³-hybridized carbons (Fsp3) is 1.00. The van der Waals surface area contributed by atoms with E-state index in [0.29, 0.717) is 0 Å². The lowest BCUT2D eigenvalue weighted by Gasteiger charge is -2.29. The van der Waals surface area contributed by atoms with Crippen LogP contribution in [-0.4, -0.2) is 26.6 Å². The van der Waals surface area contributed by atoms with Crippen LogP contribution in [0.15, 0.2) is 0 Å². The molecule has 0 N–H and O–H groups in total. The second-order valence-corrected chi connectivity index (χ2v) is 7.23. The molecule has 0 aromatic carbocycles. The summed E-state index contributed by atoms with van der Waals surface area (Å²) in [6, 6.07) is 3.25. The van der Waals surface area contributed by atoms with E-state index < -0.39 is 0 Å². The summed E-state index contributed by atoms with van der Waals surface area (Å²) >= 11 is 0. The minimum atomic E-state index is -0.345. The topological polar surface area (TPSA) is 3.24 Å². The first kappa shape index (κ1) is 7.81. The molecule has 64 valence electrons. The van der Waals surface area contributed by atoms with Crippen LogP contribution in [-0.2, 0) is 0 Å². The fourth-order valence-corrected chi connectivity index (χ4v) is 6.19.